The summed E-state index contributed by atoms with van der Waals surface area (Å²) < 4.78 is 13.2. The fraction of sp³-hybridized carbons (Fsp3) is 0.370. The van der Waals surface area contributed by atoms with Crippen molar-refractivity contribution in [3.8, 4) is 22.9 Å². The van der Waals surface area contributed by atoms with Crippen LogP contribution in [0.1, 0.15) is 44.9 Å². The first-order valence-electron chi connectivity index (χ1n) is 11.7. The predicted octanol–water partition coefficient (Wildman–Crippen LogP) is 5.17. The van der Waals surface area contributed by atoms with Crippen LogP contribution in [0.5, 0.6) is 11.5 Å². The Labute approximate surface area is 210 Å². The number of nitrogens with one attached hydrogen (secondary N) is 1. The highest BCUT2D eigenvalue weighted by molar-refractivity contribution is 7.99. The van der Waals surface area contributed by atoms with Crippen molar-refractivity contribution in [3.63, 3.8) is 0 Å². The summed E-state index contributed by atoms with van der Waals surface area (Å²) in [6.07, 6.45) is 1.81. The van der Waals surface area contributed by atoms with Crippen LogP contribution in [-0.2, 0) is 16.8 Å². The van der Waals surface area contributed by atoms with Crippen LogP contribution >= 0.6 is 11.8 Å². The lowest BCUT2D eigenvalue weighted by molar-refractivity contribution is -0.119. The van der Waals surface area contributed by atoms with Crippen LogP contribution in [0.4, 0.5) is 0 Å². The second kappa shape index (κ2) is 10.6. The molecule has 0 spiro atoms. The lowest BCUT2D eigenvalue weighted by Crippen LogP contribution is -2.28. The Morgan fingerprint density at radius 2 is 1.86 bits per heavy atom. The molecule has 0 aliphatic carbocycles. The van der Waals surface area contributed by atoms with Gasteiger partial charge < -0.3 is 14.8 Å². The van der Waals surface area contributed by atoms with Gasteiger partial charge in [0.1, 0.15) is 13.2 Å². The summed E-state index contributed by atoms with van der Waals surface area (Å²) in [5, 5.41) is 12.5. The topological polar surface area (TPSA) is 78.3 Å². The van der Waals surface area contributed by atoms with Gasteiger partial charge in [-0.25, -0.2) is 0 Å². The lowest BCUT2D eigenvalue weighted by Gasteiger charge is -2.21. The van der Waals surface area contributed by atoms with Crippen molar-refractivity contribution in [2.75, 3.05) is 19.0 Å². The van der Waals surface area contributed by atoms with Crippen molar-refractivity contribution in [2.45, 2.75) is 50.9 Å². The quantitative estimate of drug-likeness (QED) is 0.345. The molecule has 35 heavy (non-hydrogen) atoms. The zero-order valence-electron chi connectivity index (χ0n) is 20.7. The molecule has 0 saturated carbocycles. The number of allylic oxidation sites excluding steroid dienone is 1. The minimum absolute atomic E-state index is 0.0818. The lowest BCUT2D eigenvalue weighted by atomic mass is 9.87. The number of benzene rings is 2. The monoisotopic (exact) mass is 492 g/mol. The van der Waals surface area contributed by atoms with E-state index in [1.807, 2.05) is 35.8 Å². The molecular weight excluding hydrogens is 460 g/mol. The summed E-state index contributed by atoms with van der Waals surface area (Å²) in [5.74, 6) is 2.36. The SMILES string of the molecule is C=CCn1c(SCC(=O)NC(C)c2ccc3c(c2)OCCO3)nnc1-c1ccc(C(C)(C)C)cc1. The third-order valence-corrected chi connectivity index (χ3v) is 6.78. The van der Waals surface area contributed by atoms with E-state index in [-0.39, 0.29) is 23.1 Å². The molecular formula is C27H32N4O3S. The van der Waals surface area contributed by atoms with Gasteiger partial charge >= 0.3 is 0 Å². The first-order valence-corrected chi connectivity index (χ1v) is 12.7. The van der Waals surface area contributed by atoms with Gasteiger partial charge in [-0.15, -0.1) is 16.8 Å². The van der Waals surface area contributed by atoms with Crippen LogP contribution in [0.2, 0.25) is 0 Å². The summed E-state index contributed by atoms with van der Waals surface area (Å²) >= 11 is 1.36. The first-order chi connectivity index (χ1) is 16.8. The number of aromatic nitrogens is 3. The van der Waals surface area contributed by atoms with Gasteiger partial charge in [-0.1, -0.05) is 68.9 Å². The summed E-state index contributed by atoms with van der Waals surface area (Å²) in [4.78, 5) is 12.7. The van der Waals surface area contributed by atoms with Crippen molar-refractivity contribution in [1.29, 1.82) is 0 Å². The third kappa shape index (κ3) is 5.88. The maximum absolute atomic E-state index is 12.7. The van der Waals surface area contributed by atoms with E-state index >= 15 is 0 Å². The van der Waals surface area contributed by atoms with Crippen molar-refractivity contribution >= 4 is 17.7 Å². The Morgan fingerprint density at radius 1 is 1.14 bits per heavy atom. The van der Waals surface area contributed by atoms with Crippen LogP contribution in [0.3, 0.4) is 0 Å². The normalized spacial score (nSPS) is 13.8. The highest BCUT2D eigenvalue weighted by Gasteiger charge is 2.19. The molecule has 184 valence electrons. The number of thioether (sulfide) groups is 1. The van der Waals surface area contributed by atoms with E-state index in [4.69, 9.17) is 9.47 Å². The molecule has 8 heteroatoms. The van der Waals surface area contributed by atoms with Crippen LogP contribution in [0.25, 0.3) is 11.4 Å². The zero-order chi connectivity index (χ0) is 25.0. The Hall–Kier alpha value is -3.26. The van der Waals surface area contributed by atoms with Crippen LogP contribution in [-0.4, -0.2) is 39.6 Å². The van der Waals surface area contributed by atoms with Crippen LogP contribution < -0.4 is 14.8 Å². The van der Waals surface area contributed by atoms with Crippen LogP contribution in [0.15, 0.2) is 60.3 Å². The number of rotatable bonds is 8. The summed E-state index contributed by atoms with van der Waals surface area (Å²) in [6.45, 7) is 14.0. The van der Waals surface area contributed by atoms with Gasteiger partial charge in [-0.05, 0) is 35.6 Å². The van der Waals surface area contributed by atoms with Gasteiger partial charge in [0.25, 0.3) is 0 Å². The molecule has 2 heterocycles. The molecule has 4 rings (SSSR count). The minimum Gasteiger partial charge on any atom is -0.486 e. The Balaban J connectivity index is 1.41. The fourth-order valence-electron chi connectivity index (χ4n) is 3.85. The molecule has 0 fully saturated rings. The molecule has 1 amide bonds. The predicted molar refractivity (Wildman–Crippen MR) is 139 cm³/mol. The van der Waals surface area contributed by atoms with E-state index in [2.05, 4.69) is 67.1 Å². The maximum atomic E-state index is 12.7. The van der Waals surface area contributed by atoms with Crippen molar-refractivity contribution < 1.29 is 14.3 Å². The first kappa shape index (κ1) is 24.9. The second-order valence-corrected chi connectivity index (χ2v) is 10.5. The van der Waals surface area contributed by atoms with Crippen molar-refractivity contribution in [1.82, 2.24) is 20.1 Å². The Bertz CT molecular complexity index is 1200. The van der Waals surface area contributed by atoms with E-state index < -0.39 is 0 Å². The summed E-state index contributed by atoms with van der Waals surface area (Å²) in [5.41, 5.74) is 3.28. The van der Waals surface area contributed by atoms with Crippen molar-refractivity contribution in [3.05, 3.63) is 66.2 Å². The molecule has 0 radical (unpaired) electrons. The molecule has 1 aliphatic rings. The molecule has 1 aliphatic heterocycles. The molecule has 7 nitrogen and oxygen atoms in total. The number of amides is 1. The van der Waals surface area contributed by atoms with Gasteiger partial charge in [-0.3, -0.25) is 9.36 Å². The van der Waals surface area contributed by atoms with E-state index in [0.29, 0.717) is 30.7 Å². The van der Waals surface area contributed by atoms with Gasteiger partial charge in [-0.2, -0.15) is 0 Å². The van der Waals surface area contributed by atoms with Crippen LogP contribution in [0, 0.1) is 0 Å². The summed E-state index contributed by atoms with van der Waals surface area (Å²) in [6, 6.07) is 14.0. The average molecular weight is 493 g/mol. The Kier molecular flexibility index (Phi) is 7.50. The number of hydrogen-bond acceptors (Lipinski definition) is 6. The number of ether oxygens (including phenoxy) is 2. The maximum Gasteiger partial charge on any atom is 0.230 e. The molecule has 0 bridgehead atoms. The minimum atomic E-state index is -0.165. The third-order valence-electron chi connectivity index (χ3n) is 5.81. The van der Waals surface area contributed by atoms with E-state index in [9.17, 15) is 4.79 Å². The van der Waals surface area contributed by atoms with E-state index in [1.54, 1.807) is 0 Å². The molecule has 1 unspecified atom stereocenters. The average Bonchev–Trinajstić information content (AvgIpc) is 3.24. The highest BCUT2D eigenvalue weighted by Crippen LogP contribution is 2.33. The molecule has 1 aromatic heterocycles. The Morgan fingerprint density at radius 3 is 2.54 bits per heavy atom. The van der Waals surface area contributed by atoms with Gasteiger partial charge in [0.15, 0.2) is 22.5 Å². The number of carbonyl (C=O) groups excluding carboxylic acids is 1. The van der Waals surface area contributed by atoms with E-state index in [0.717, 1.165) is 22.7 Å². The number of fused-ring (bicyclic) bond motifs is 1. The summed E-state index contributed by atoms with van der Waals surface area (Å²) in [7, 11) is 0. The molecule has 3 aromatic rings. The van der Waals surface area contributed by atoms with Gasteiger partial charge in [0.05, 0.1) is 11.8 Å². The smallest absolute Gasteiger partial charge is 0.230 e. The number of nitrogens with zero attached hydrogens (tertiary/aromatic N) is 3. The number of hydrogen-bond donors (Lipinski definition) is 1. The molecule has 1 N–H and O–H groups in total. The standard InChI is InChI=1S/C27H32N4O3S/c1-6-13-31-25(19-7-10-21(11-8-19)27(3,4)5)29-30-26(31)35-17-24(32)28-18(2)20-9-12-22-23(16-20)34-15-14-33-22/h6-12,16,18H,1,13-15,17H2,2-5H3,(H,28,32). The second-order valence-electron chi connectivity index (χ2n) is 9.51. The molecule has 0 saturated heterocycles. The zero-order valence-corrected chi connectivity index (χ0v) is 21.5. The van der Waals surface area contributed by atoms with Gasteiger partial charge in [0, 0.05) is 12.1 Å². The van der Waals surface area contributed by atoms with E-state index in [1.165, 1.54) is 17.3 Å². The fourth-order valence-corrected chi connectivity index (χ4v) is 4.61. The van der Waals surface area contributed by atoms with Crippen molar-refractivity contribution in [2.24, 2.45) is 0 Å². The molecule has 2 aromatic carbocycles. The number of carbonyl (C=O) groups is 1. The highest BCUT2D eigenvalue weighted by atomic mass is 32.2. The molecule has 1 atom stereocenters. The van der Waals surface area contributed by atoms with Gasteiger partial charge in [0.2, 0.25) is 5.91 Å². The largest absolute Gasteiger partial charge is 0.486 e.